The molecule has 0 bridgehead atoms. The van der Waals surface area contributed by atoms with Gasteiger partial charge in [-0.3, -0.25) is 4.79 Å². The number of carbonyl (C=O) groups is 1. The van der Waals surface area contributed by atoms with Crippen LogP contribution >= 0.6 is 11.6 Å². The molecule has 1 aromatic carbocycles. The molecule has 0 spiro atoms. The van der Waals surface area contributed by atoms with E-state index in [0.29, 0.717) is 48.1 Å². The molecule has 0 unspecified atom stereocenters. The maximum absolute atomic E-state index is 11.1. The minimum Gasteiger partial charge on any atom is -0.486 e. The number of rotatable bonds is 3. The van der Waals surface area contributed by atoms with E-state index in [1.807, 2.05) is 0 Å². The number of nitrogens with two attached hydrogens (primary N) is 1. The Hall–Kier alpha value is -1.26. The summed E-state index contributed by atoms with van der Waals surface area (Å²) in [5, 5.41) is 0.406. The third-order valence-electron chi connectivity index (χ3n) is 3.73. The van der Waals surface area contributed by atoms with E-state index in [1.54, 1.807) is 6.07 Å². The van der Waals surface area contributed by atoms with E-state index in [9.17, 15) is 4.79 Å². The second-order valence-electron chi connectivity index (χ2n) is 4.78. The fraction of sp³-hybridized carbons (Fsp3) is 0.462. The van der Waals surface area contributed by atoms with Crippen molar-refractivity contribution in [2.24, 2.45) is 5.73 Å². The number of carbonyl (C=O) groups excluding carboxylic acids is 1. The van der Waals surface area contributed by atoms with Gasteiger partial charge in [-0.15, -0.1) is 0 Å². The topological polar surface area (TPSA) is 61.6 Å². The molecule has 1 aliphatic carbocycles. The first-order valence-corrected chi connectivity index (χ1v) is 6.37. The van der Waals surface area contributed by atoms with E-state index >= 15 is 0 Å². The number of hydrogen-bond acceptors (Lipinski definition) is 4. The van der Waals surface area contributed by atoms with Gasteiger partial charge in [-0.2, -0.15) is 0 Å². The van der Waals surface area contributed by atoms with Gasteiger partial charge in [-0.1, -0.05) is 11.6 Å². The lowest BCUT2D eigenvalue weighted by Crippen LogP contribution is -2.24. The van der Waals surface area contributed by atoms with Crippen molar-refractivity contribution in [2.45, 2.75) is 18.3 Å². The Labute approximate surface area is 110 Å². The second kappa shape index (κ2) is 4.14. The first kappa shape index (κ1) is 11.8. The van der Waals surface area contributed by atoms with Crippen LogP contribution in [0.5, 0.6) is 11.5 Å². The molecular formula is C13H14ClNO3. The predicted octanol–water partition coefficient (Wildman–Crippen LogP) is 1.91. The van der Waals surface area contributed by atoms with Crippen LogP contribution in [-0.2, 0) is 5.41 Å². The van der Waals surface area contributed by atoms with E-state index in [-0.39, 0.29) is 5.41 Å². The van der Waals surface area contributed by atoms with Gasteiger partial charge < -0.3 is 15.2 Å². The summed E-state index contributed by atoms with van der Waals surface area (Å²) >= 11 is 6.15. The third kappa shape index (κ3) is 1.60. The highest BCUT2D eigenvalue weighted by molar-refractivity contribution is 6.33. The zero-order valence-corrected chi connectivity index (χ0v) is 10.6. The van der Waals surface area contributed by atoms with Crippen LogP contribution in [0.15, 0.2) is 6.07 Å². The minimum absolute atomic E-state index is 0.0458. The Bertz CT molecular complexity index is 511. The summed E-state index contributed by atoms with van der Waals surface area (Å²) < 4.78 is 11.2. The van der Waals surface area contributed by atoms with Crippen LogP contribution in [0.2, 0.25) is 5.02 Å². The molecule has 0 atom stereocenters. The number of fused-ring (bicyclic) bond motifs is 1. The van der Waals surface area contributed by atoms with Crippen LogP contribution < -0.4 is 15.2 Å². The van der Waals surface area contributed by atoms with Gasteiger partial charge in [-0.05, 0) is 18.9 Å². The van der Waals surface area contributed by atoms with Crippen molar-refractivity contribution in [3.8, 4) is 11.5 Å². The number of benzene rings is 1. The molecule has 1 aliphatic heterocycles. The number of halogens is 1. The summed E-state index contributed by atoms with van der Waals surface area (Å²) in [6, 6.07) is 1.80. The molecule has 2 aliphatic rings. The first-order chi connectivity index (χ1) is 8.72. The van der Waals surface area contributed by atoms with Gasteiger partial charge >= 0.3 is 0 Å². The Morgan fingerprint density at radius 2 is 2.00 bits per heavy atom. The summed E-state index contributed by atoms with van der Waals surface area (Å²) in [6.07, 6.45) is 2.76. The average molecular weight is 268 g/mol. The number of ether oxygens (including phenoxy) is 2. The summed E-state index contributed by atoms with van der Waals surface area (Å²) in [5.74, 6) is 1.12. The molecule has 0 amide bonds. The van der Waals surface area contributed by atoms with E-state index in [0.717, 1.165) is 18.4 Å². The van der Waals surface area contributed by atoms with Gasteiger partial charge in [0, 0.05) is 17.5 Å². The normalized spacial score (nSPS) is 19.4. The van der Waals surface area contributed by atoms with Crippen molar-refractivity contribution in [1.29, 1.82) is 0 Å². The lowest BCUT2D eigenvalue weighted by molar-refractivity contribution is 0.111. The molecule has 1 saturated carbocycles. The molecule has 1 heterocycles. The summed E-state index contributed by atoms with van der Waals surface area (Å²) in [6.45, 7) is 1.48. The van der Waals surface area contributed by atoms with Gasteiger partial charge in [0.05, 0.1) is 10.6 Å². The molecule has 2 N–H and O–H groups in total. The van der Waals surface area contributed by atoms with Gasteiger partial charge in [0.15, 0.2) is 17.8 Å². The lowest BCUT2D eigenvalue weighted by atomic mass is 9.93. The Kier molecular flexibility index (Phi) is 2.72. The first-order valence-electron chi connectivity index (χ1n) is 6.00. The molecule has 18 heavy (non-hydrogen) atoms. The fourth-order valence-corrected chi connectivity index (χ4v) is 2.67. The van der Waals surface area contributed by atoms with Crippen molar-refractivity contribution >= 4 is 17.9 Å². The van der Waals surface area contributed by atoms with Gasteiger partial charge in [-0.25, -0.2) is 0 Å². The van der Waals surface area contributed by atoms with E-state index in [4.69, 9.17) is 26.8 Å². The van der Waals surface area contributed by atoms with Crippen LogP contribution in [0.1, 0.15) is 28.8 Å². The highest BCUT2D eigenvalue weighted by Gasteiger charge is 2.46. The monoisotopic (exact) mass is 267 g/mol. The molecule has 1 fully saturated rings. The standard InChI is InChI=1S/C13H14ClNO3/c14-10-5-9(13(7-15)1-2-13)12-11(8(10)6-16)17-3-4-18-12/h5-6H,1-4,7,15H2. The number of hydrogen-bond donors (Lipinski definition) is 1. The quantitative estimate of drug-likeness (QED) is 0.850. The minimum atomic E-state index is -0.0458. The van der Waals surface area contributed by atoms with Crippen molar-refractivity contribution in [2.75, 3.05) is 19.8 Å². The van der Waals surface area contributed by atoms with Crippen molar-refractivity contribution in [3.63, 3.8) is 0 Å². The Morgan fingerprint density at radius 1 is 1.33 bits per heavy atom. The highest BCUT2D eigenvalue weighted by atomic mass is 35.5. The highest BCUT2D eigenvalue weighted by Crippen LogP contribution is 2.54. The molecule has 1 aromatic rings. The van der Waals surface area contributed by atoms with Crippen molar-refractivity contribution < 1.29 is 14.3 Å². The van der Waals surface area contributed by atoms with Crippen LogP contribution in [0, 0.1) is 0 Å². The van der Waals surface area contributed by atoms with E-state index in [1.165, 1.54) is 0 Å². The fourth-order valence-electron chi connectivity index (χ4n) is 2.44. The molecular weight excluding hydrogens is 254 g/mol. The largest absolute Gasteiger partial charge is 0.486 e. The zero-order valence-electron chi connectivity index (χ0n) is 9.87. The third-order valence-corrected chi connectivity index (χ3v) is 4.05. The van der Waals surface area contributed by atoms with Crippen molar-refractivity contribution in [3.05, 3.63) is 22.2 Å². The van der Waals surface area contributed by atoms with Gasteiger partial charge in [0.25, 0.3) is 0 Å². The summed E-state index contributed by atoms with van der Waals surface area (Å²) in [4.78, 5) is 11.1. The maximum Gasteiger partial charge on any atom is 0.173 e. The van der Waals surface area contributed by atoms with Gasteiger partial charge in [0.1, 0.15) is 13.2 Å². The second-order valence-corrected chi connectivity index (χ2v) is 5.18. The average Bonchev–Trinajstić information content (AvgIpc) is 3.19. The van der Waals surface area contributed by atoms with Crippen LogP contribution in [0.25, 0.3) is 0 Å². The molecule has 5 heteroatoms. The van der Waals surface area contributed by atoms with Crippen LogP contribution in [0.3, 0.4) is 0 Å². The summed E-state index contributed by atoms with van der Waals surface area (Å²) in [7, 11) is 0. The molecule has 0 aromatic heterocycles. The molecule has 0 radical (unpaired) electrons. The maximum atomic E-state index is 11.1. The molecule has 96 valence electrons. The number of aldehydes is 1. The van der Waals surface area contributed by atoms with Crippen LogP contribution in [0.4, 0.5) is 0 Å². The van der Waals surface area contributed by atoms with E-state index < -0.39 is 0 Å². The summed E-state index contributed by atoms with van der Waals surface area (Å²) in [5.41, 5.74) is 7.15. The molecule has 0 saturated heterocycles. The van der Waals surface area contributed by atoms with Crippen molar-refractivity contribution in [1.82, 2.24) is 0 Å². The SMILES string of the molecule is NCC1(c2cc(Cl)c(C=O)c3c2OCCO3)CC1. The molecule has 3 rings (SSSR count). The Morgan fingerprint density at radius 3 is 2.56 bits per heavy atom. The smallest absolute Gasteiger partial charge is 0.173 e. The van der Waals surface area contributed by atoms with Gasteiger partial charge in [0.2, 0.25) is 0 Å². The Balaban J connectivity index is 2.21. The zero-order chi connectivity index (χ0) is 12.8. The molecule has 4 nitrogen and oxygen atoms in total. The van der Waals surface area contributed by atoms with E-state index in [2.05, 4.69) is 0 Å². The lowest BCUT2D eigenvalue weighted by Gasteiger charge is -2.26. The van der Waals surface area contributed by atoms with Crippen LogP contribution in [-0.4, -0.2) is 26.0 Å². The predicted molar refractivity (Wildman–Crippen MR) is 67.8 cm³/mol.